The molecule has 1 aromatic heterocycles. The lowest BCUT2D eigenvalue weighted by molar-refractivity contribution is -0.137. The zero-order valence-corrected chi connectivity index (χ0v) is 14.7. The number of aryl methyl sites for hydroxylation is 1. The van der Waals surface area contributed by atoms with Gasteiger partial charge in [0.05, 0.1) is 13.2 Å². The molecule has 138 valence electrons. The summed E-state index contributed by atoms with van der Waals surface area (Å²) in [5, 5.41) is 7.12. The highest BCUT2D eigenvalue weighted by Gasteiger charge is 2.20. The van der Waals surface area contributed by atoms with Crippen molar-refractivity contribution in [2.45, 2.75) is 25.7 Å². The maximum absolute atomic E-state index is 12.2. The number of nitrogens with one attached hydrogen (secondary N) is 1. The van der Waals surface area contributed by atoms with Gasteiger partial charge in [0.1, 0.15) is 0 Å². The Balaban J connectivity index is 1.49. The van der Waals surface area contributed by atoms with Crippen LogP contribution < -0.4 is 10.1 Å². The topological polar surface area (TPSA) is 85.7 Å². The summed E-state index contributed by atoms with van der Waals surface area (Å²) in [5.74, 6) is 0.704. The van der Waals surface area contributed by atoms with E-state index in [2.05, 4.69) is 10.4 Å². The number of carbonyl (C=O) groups excluding carboxylic acids is 2. The highest BCUT2D eigenvalue weighted by atomic mass is 16.5. The lowest BCUT2D eigenvalue weighted by Gasteiger charge is -2.26. The van der Waals surface area contributed by atoms with Crippen molar-refractivity contribution >= 4 is 11.8 Å². The van der Waals surface area contributed by atoms with E-state index in [9.17, 15) is 9.59 Å². The van der Waals surface area contributed by atoms with Crippen molar-refractivity contribution in [3.8, 4) is 5.88 Å². The Kier molecular flexibility index (Phi) is 5.91. The molecule has 2 fully saturated rings. The SMILES string of the molecule is Cn1nc(C(=O)NCC2CCCC2)cc1OCC(=O)N1CCOCC1. The minimum atomic E-state index is -0.197. The van der Waals surface area contributed by atoms with Crippen LogP contribution in [0.4, 0.5) is 0 Å². The van der Waals surface area contributed by atoms with Crippen LogP contribution in [-0.2, 0) is 16.6 Å². The van der Waals surface area contributed by atoms with E-state index in [0.29, 0.717) is 50.3 Å². The van der Waals surface area contributed by atoms with Crippen molar-refractivity contribution in [3.63, 3.8) is 0 Å². The molecule has 1 aromatic rings. The van der Waals surface area contributed by atoms with Gasteiger partial charge in [0.25, 0.3) is 11.8 Å². The van der Waals surface area contributed by atoms with Crippen LogP contribution >= 0.6 is 0 Å². The second-order valence-electron chi connectivity index (χ2n) is 6.63. The van der Waals surface area contributed by atoms with Gasteiger partial charge in [-0.05, 0) is 18.8 Å². The van der Waals surface area contributed by atoms with Gasteiger partial charge in [-0.15, -0.1) is 0 Å². The molecule has 0 radical (unpaired) electrons. The van der Waals surface area contributed by atoms with Gasteiger partial charge in [-0.1, -0.05) is 12.8 Å². The van der Waals surface area contributed by atoms with Crippen molar-refractivity contribution in [3.05, 3.63) is 11.8 Å². The normalized spacial score (nSPS) is 18.4. The Morgan fingerprint density at radius 3 is 2.76 bits per heavy atom. The number of rotatable bonds is 6. The van der Waals surface area contributed by atoms with E-state index < -0.39 is 0 Å². The summed E-state index contributed by atoms with van der Waals surface area (Å²) in [7, 11) is 1.70. The maximum atomic E-state index is 12.2. The number of aromatic nitrogens is 2. The highest BCUT2D eigenvalue weighted by molar-refractivity contribution is 5.92. The molecule has 25 heavy (non-hydrogen) atoms. The number of amides is 2. The molecule has 1 aliphatic heterocycles. The number of morpholine rings is 1. The molecule has 2 amide bonds. The Hall–Kier alpha value is -2.09. The van der Waals surface area contributed by atoms with Crippen LogP contribution in [0.25, 0.3) is 0 Å². The van der Waals surface area contributed by atoms with E-state index in [4.69, 9.17) is 9.47 Å². The summed E-state index contributed by atoms with van der Waals surface area (Å²) in [4.78, 5) is 26.0. The van der Waals surface area contributed by atoms with Gasteiger partial charge in [0, 0.05) is 32.7 Å². The predicted octanol–water partition coefficient (Wildman–Crippen LogP) is 0.578. The fourth-order valence-electron chi connectivity index (χ4n) is 3.28. The standard InChI is InChI=1S/C17H26N4O4/c1-20-16(25-12-15(22)21-6-8-24-9-7-21)10-14(19-20)17(23)18-11-13-4-2-3-5-13/h10,13H,2-9,11-12H2,1H3,(H,18,23). The second kappa shape index (κ2) is 8.33. The summed E-state index contributed by atoms with van der Waals surface area (Å²) in [6.45, 7) is 2.92. The monoisotopic (exact) mass is 350 g/mol. The molecule has 1 N–H and O–H groups in total. The van der Waals surface area contributed by atoms with Crippen LogP contribution in [0.2, 0.25) is 0 Å². The van der Waals surface area contributed by atoms with Gasteiger partial charge in [-0.25, -0.2) is 4.68 Å². The third-order valence-electron chi connectivity index (χ3n) is 4.80. The predicted molar refractivity (Wildman–Crippen MR) is 90.4 cm³/mol. The third kappa shape index (κ3) is 4.72. The Bertz CT molecular complexity index is 604. The number of hydrogen-bond acceptors (Lipinski definition) is 5. The quantitative estimate of drug-likeness (QED) is 0.811. The molecule has 8 heteroatoms. The smallest absolute Gasteiger partial charge is 0.271 e. The molecular weight excluding hydrogens is 324 g/mol. The molecule has 0 atom stereocenters. The summed E-state index contributed by atoms with van der Waals surface area (Å²) < 4.78 is 12.3. The first-order valence-electron chi connectivity index (χ1n) is 8.94. The van der Waals surface area contributed by atoms with E-state index in [1.807, 2.05) is 0 Å². The summed E-state index contributed by atoms with van der Waals surface area (Å²) in [6.07, 6.45) is 4.86. The lowest BCUT2D eigenvalue weighted by atomic mass is 10.1. The van der Waals surface area contributed by atoms with E-state index in [1.54, 1.807) is 18.0 Å². The van der Waals surface area contributed by atoms with Gasteiger partial charge in [-0.3, -0.25) is 9.59 Å². The van der Waals surface area contributed by atoms with Crippen molar-refractivity contribution in [1.29, 1.82) is 0 Å². The molecule has 0 spiro atoms. The maximum Gasteiger partial charge on any atom is 0.271 e. The molecule has 0 aromatic carbocycles. The largest absolute Gasteiger partial charge is 0.468 e. The van der Waals surface area contributed by atoms with Crippen molar-refractivity contribution < 1.29 is 19.1 Å². The van der Waals surface area contributed by atoms with E-state index in [-0.39, 0.29) is 18.4 Å². The van der Waals surface area contributed by atoms with Gasteiger partial charge in [0.15, 0.2) is 12.3 Å². The van der Waals surface area contributed by atoms with E-state index in [1.165, 1.54) is 30.4 Å². The minimum absolute atomic E-state index is 0.0668. The first-order chi connectivity index (χ1) is 12.1. The van der Waals surface area contributed by atoms with Crippen molar-refractivity contribution in [2.24, 2.45) is 13.0 Å². The van der Waals surface area contributed by atoms with E-state index in [0.717, 1.165) is 0 Å². The average Bonchev–Trinajstić information content (AvgIpc) is 3.28. The summed E-state index contributed by atoms with van der Waals surface area (Å²) >= 11 is 0. The van der Waals surface area contributed by atoms with Gasteiger partial charge in [0.2, 0.25) is 5.88 Å². The number of nitrogens with zero attached hydrogens (tertiary/aromatic N) is 3. The van der Waals surface area contributed by atoms with Crippen LogP contribution in [0.15, 0.2) is 6.07 Å². The molecule has 1 saturated heterocycles. The van der Waals surface area contributed by atoms with Crippen molar-refractivity contribution in [1.82, 2.24) is 20.0 Å². The second-order valence-corrected chi connectivity index (χ2v) is 6.63. The van der Waals surface area contributed by atoms with Crippen LogP contribution in [0.3, 0.4) is 0 Å². The molecule has 8 nitrogen and oxygen atoms in total. The lowest BCUT2D eigenvalue weighted by Crippen LogP contribution is -2.43. The van der Waals surface area contributed by atoms with Gasteiger partial charge >= 0.3 is 0 Å². The molecule has 2 aliphatic rings. The number of ether oxygens (including phenoxy) is 2. The minimum Gasteiger partial charge on any atom is -0.468 e. The van der Waals surface area contributed by atoms with Crippen LogP contribution in [-0.4, -0.2) is 65.9 Å². The zero-order valence-electron chi connectivity index (χ0n) is 14.7. The number of hydrogen-bond donors (Lipinski definition) is 1. The van der Waals surface area contributed by atoms with Gasteiger partial charge in [-0.2, -0.15) is 5.10 Å². The zero-order chi connectivity index (χ0) is 17.6. The Morgan fingerprint density at radius 2 is 2.04 bits per heavy atom. The summed E-state index contributed by atoms with van der Waals surface area (Å²) in [6, 6.07) is 1.58. The van der Waals surface area contributed by atoms with E-state index >= 15 is 0 Å². The molecular formula is C17H26N4O4. The first-order valence-corrected chi connectivity index (χ1v) is 8.94. The molecule has 0 bridgehead atoms. The molecule has 1 aliphatic carbocycles. The molecule has 3 rings (SSSR count). The molecule has 2 heterocycles. The third-order valence-corrected chi connectivity index (χ3v) is 4.80. The Morgan fingerprint density at radius 1 is 1.32 bits per heavy atom. The van der Waals surface area contributed by atoms with Crippen LogP contribution in [0, 0.1) is 5.92 Å². The van der Waals surface area contributed by atoms with Gasteiger partial charge < -0.3 is 19.7 Å². The molecule has 0 unspecified atom stereocenters. The van der Waals surface area contributed by atoms with Crippen LogP contribution in [0.1, 0.15) is 36.2 Å². The fraction of sp³-hybridized carbons (Fsp3) is 0.706. The number of carbonyl (C=O) groups is 2. The Labute approximate surface area is 147 Å². The highest BCUT2D eigenvalue weighted by Crippen LogP contribution is 2.23. The first kappa shape index (κ1) is 17.7. The molecule has 1 saturated carbocycles. The van der Waals surface area contributed by atoms with Crippen LogP contribution in [0.5, 0.6) is 5.88 Å². The van der Waals surface area contributed by atoms with Crippen molar-refractivity contribution in [2.75, 3.05) is 39.5 Å². The average molecular weight is 350 g/mol. The summed E-state index contributed by atoms with van der Waals surface area (Å²) in [5.41, 5.74) is 0.314. The fourth-order valence-corrected chi connectivity index (χ4v) is 3.28.